The van der Waals surface area contributed by atoms with E-state index in [-0.39, 0.29) is 17.8 Å². The van der Waals surface area contributed by atoms with E-state index in [2.05, 4.69) is 9.98 Å². The lowest BCUT2D eigenvalue weighted by Gasteiger charge is -2.17. The van der Waals surface area contributed by atoms with Gasteiger partial charge < -0.3 is 30.2 Å². The molecule has 152 valence electrons. The van der Waals surface area contributed by atoms with Crippen LogP contribution in [0.3, 0.4) is 0 Å². The lowest BCUT2D eigenvalue weighted by Crippen LogP contribution is -2.31. The maximum absolute atomic E-state index is 12.2. The number of nitrogens with two attached hydrogens (primary N) is 1. The van der Waals surface area contributed by atoms with Gasteiger partial charge in [-0.15, -0.1) is 0 Å². The molecule has 1 aromatic carbocycles. The van der Waals surface area contributed by atoms with E-state index in [1.165, 1.54) is 0 Å². The van der Waals surface area contributed by atoms with Crippen LogP contribution in [-0.2, 0) is 9.53 Å². The number of nitrogens with zero attached hydrogens (tertiary/aromatic N) is 2. The molecule has 4 N–H and O–H groups in total. The van der Waals surface area contributed by atoms with Gasteiger partial charge in [0.25, 0.3) is 0 Å². The number of anilines is 1. The van der Waals surface area contributed by atoms with Gasteiger partial charge in [0.1, 0.15) is 17.4 Å². The van der Waals surface area contributed by atoms with E-state index in [1.54, 1.807) is 36.9 Å². The van der Waals surface area contributed by atoms with Crippen molar-refractivity contribution in [1.82, 2.24) is 9.88 Å². The van der Waals surface area contributed by atoms with Crippen LogP contribution >= 0.6 is 11.8 Å². The van der Waals surface area contributed by atoms with Gasteiger partial charge in [-0.2, -0.15) is 0 Å². The quantitative estimate of drug-likeness (QED) is 0.429. The number of ether oxygens (including phenoxy) is 2. The zero-order chi connectivity index (χ0) is 20.1. The van der Waals surface area contributed by atoms with E-state index in [4.69, 9.17) is 20.3 Å². The van der Waals surface area contributed by atoms with Crippen LogP contribution in [0.2, 0.25) is 0 Å². The molecule has 2 aromatic rings. The number of thioether (sulfide) groups is 1. The molecular weight excluding hydrogens is 380 g/mol. The number of aliphatic imine (C=N–C) groups is 1. The maximum atomic E-state index is 12.2. The first-order valence-electron chi connectivity index (χ1n) is 9.12. The molecule has 0 radical (unpaired) electrons. The van der Waals surface area contributed by atoms with Crippen molar-refractivity contribution in [1.29, 1.82) is 0 Å². The molecular formula is C19H26N4O4S. The van der Waals surface area contributed by atoms with E-state index < -0.39 is 0 Å². The van der Waals surface area contributed by atoms with E-state index in [0.717, 1.165) is 21.6 Å². The minimum atomic E-state index is -0.0323. The first kappa shape index (κ1) is 20.5. The number of aliphatic hydroxyl groups is 1. The number of hydrogen-bond donors (Lipinski definition) is 3. The molecule has 8 nitrogen and oxygen atoms in total. The second-order valence-electron chi connectivity index (χ2n) is 6.63. The number of nitrogen functional groups attached to an aromatic ring is 1. The van der Waals surface area contributed by atoms with Crippen molar-refractivity contribution in [2.45, 2.75) is 11.7 Å². The summed E-state index contributed by atoms with van der Waals surface area (Å²) >= 11 is 1.59. The van der Waals surface area contributed by atoms with Gasteiger partial charge in [0.05, 0.1) is 36.7 Å². The average molecular weight is 407 g/mol. The fraction of sp³-hybridized carbons (Fsp3) is 0.474. The van der Waals surface area contributed by atoms with Crippen LogP contribution in [0.4, 0.5) is 5.69 Å². The van der Waals surface area contributed by atoms with Crippen LogP contribution in [0, 0.1) is 0 Å². The van der Waals surface area contributed by atoms with Gasteiger partial charge in [0.2, 0.25) is 5.91 Å². The minimum absolute atomic E-state index is 0.0155. The molecule has 9 heteroatoms. The van der Waals surface area contributed by atoms with Crippen LogP contribution in [-0.4, -0.2) is 78.3 Å². The summed E-state index contributed by atoms with van der Waals surface area (Å²) in [5.74, 6) is 0.714. The SMILES string of the molecule is COCCOc1cc(N)c2[nH]c(C3=NCC(CC(=O)N(C)CCO)S3)cc2c1. The van der Waals surface area contributed by atoms with Crippen molar-refractivity contribution < 1.29 is 19.4 Å². The van der Waals surface area contributed by atoms with Crippen molar-refractivity contribution in [3.05, 3.63) is 23.9 Å². The summed E-state index contributed by atoms with van der Waals surface area (Å²) in [6.07, 6.45) is 0.397. The van der Waals surface area contributed by atoms with E-state index in [0.29, 0.717) is 44.2 Å². The molecule has 0 saturated carbocycles. The van der Waals surface area contributed by atoms with Crippen molar-refractivity contribution in [3.63, 3.8) is 0 Å². The van der Waals surface area contributed by atoms with Crippen molar-refractivity contribution >= 4 is 39.3 Å². The number of aliphatic hydroxyl groups excluding tert-OH is 1. The summed E-state index contributed by atoms with van der Waals surface area (Å²) in [5.41, 5.74) is 8.51. The summed E-state index contributed by atoms with van der Waals surface area (Å²) in [6, 6.07) is 5.73. The number of aromatic nitrogens is 1. The fourth-order valence-electron chi connectivity index (χ4n) is 2.98. The normalized spacial score (nSPS) is 16.4. The molecule has 3 rings (SSSR count). The third kappa shape index (κ3) is 4.78. The Labute approximate surface area is 168 Å². The molecule has 0 fully saturated rings. The molecule has 2 heterocycles. The number of amides is 1. The topological polar surface area (TPSA) is 113 Å². The van der Waals surface area contributed by atoms with E-state index >= 15 is 0 Å². The predicted octanol–water partition coefficient (Wildman–Crippen LogP) is 1.48. The number of hydrogen-bond acceptors (Lipinski definition) is 7. The molecule has 28 heavy (non-hydrogen) atoms. The molecule has 0 bridgehead atoms. The number of methoxy groups -OCH3 is 1. The number of carbonyl (C=O) groups is 1. The molecule has 1 amide bonds. The summed E-state index contributed by atoms with van der Waals surface area (Å²) in [5, 5.41) is 10.9. The lowest BCUT2D eigenvalue weighted by molar-refractivity contribution is -0.130. The van der Waals surface area contributed by atoms with E-state index in [1.807, 2.05) is 12.1 Å². The number of rotatable bonds is 9. The Kier molecular flexibility index (Phi) is 6.82. The highest BCUT2D eigenvalue weighted by Crippen LogP contribution is 2.32. The summed E-state index contributed by atoms with van der Waals surface area (Å²) in [6.45, 7) is 1.88. The van der Waals surface area contributed by atoms with Crippen molar-refractivity contribution in [3.8, 4) is 5.75 Å². The zero-order valence-electron chi connectivity index (χ0n) is 16.1. The molecule has 0 spiro atoms. The van der Waals surface area contributed by atoms with Gasteiger partial charge >= 0.3 is 0 Å². The molecule has 1 aliphatic heterocycles. The van der Waals surface area contributed by atoms with Gasteiger partial charge in [-0.05, 0) is 12.1 Å². The largest absolute Gasteiger partial charge is 0.491 e. The number of benzene rings is 1. The highest BCUT2D eigenvalue weighted by atomic mass is 32.2. The zero-order valence-corrected chi connectivity index (χ0v) is 16.9. The number of aromatic amines is 1. The van der Waals surface area contributed by atoms with Crippen LogP contribution in [0.25, 0.3) is 10.9 Å². The smallest absolute Gasteiger partial charge is 0.223 e. The van der Waals surface area contributed by atoms with Gasteiger partial charge in [-0.25, -0.2) is 0 Å². The third-order valence-corrected chi connectivity index (χ3v) is 5.72. The minimum Gasteiger partial charge on any atom is -0.491 e. The number of fused-ring (bicyclic) bond motifs is 1. The van der Waals surface area contributed by atoms with Crippen LogP contribution in [0.15, 0.2) is 23.2 Å². The van der Waals surface area contributed by atoms with Crippen LogP contribution < -0.4 is 10.5 Å². The second kappa shape index (κ2) is 9.31. The molecule has 0 saturated heterocycles. The predicted molar refractivity (Wildman–Crippen MR) is 112 cm³/mol. The maximum Gasteiger partial charge on any atom is 0.223 e. The van der Waals surface area contributed by atoms with Gasteiger partial charge in [-0.1, -0.05) is 11.8 Å². The average Bonchev–Trinajstić information content (AvgIpc) is 3.29. The standard InChI is InChI=1S/C19H26N4O4S/c1-23(3-4-24)17(25)10-14-11-21-19(28-14)16-8-12-7-13(27-6-5-26-2)9-15(20)18(12)22-16/h7-9,14,22,24H,3-6,10-11,20H2,1-2H3. The Morgan fingerprint density at radius 2 is 2.25 bits per heavy atom. The summed E-state index contributed by atoms with van der Waals surface area (Å²) in [7, 11) is 3.33. The molecule has 1 aromatic heterocycles. The Hall–Kier alpha value is -2.23. The van der Waals surface area contributed by atoms with Crippen LogP contribution in [0.5, 0.6) is 5.75 Å². The number of likely N-dealkylation sites (N-methyl/N-ethyl adjacent to an activating group) is 1. The highest BCUT2D eigenvalue weighted by Gasteiger charge is 2.25. The third-order valence-electron chi connectivity index (χ3n) is 4.50. The Balaban J connectivity index is 1.67. The second-order valence-corrected chi connectivity index (χ2v) is 7.92. The lowest BCUT2D eigenvalue weighted by atomic mass is 10.2. The van der Waals surface area contributed by atoms with Gasteiger partial charge in [-0.3, -0.25) is 9.79 Å². The first-order chi connectivity index (χ1) is 13.5. The van der Waals surface area contributed by atoms with E-state index in [9.17, 15) is 4.79 Å². The molecule has 1 aliphatic rings. The summed E-state index contributed by atoms with van der Waals surface area (Å²) in [4.78, 5) is 21.6. The number of nitrogens with one attached hydrogen (secondary N) is 1. The van der Waals surface area contributed by atoms with Crippen molar-refractivity contribution in [2.75, 3.05) is 52.8 Å². The Morgan fingerprint density at radius 1 is 1.43 bits per heavy atom. The fourth-order valence-corrected chi connectivity index (χ4v) is 4.06. The van der Waals surface area contributed by atoms with Gasteiger partial charge in [0.15, 0.2) is 0 Å². The van der Waals surface area contributed by atoms with Crippen LogP contribution in [0.1, 0.15) is 12.1 Å². The monoisotopic (exact) mass is 406 g/mol. The number of carbonyl (C=O) groups excluding carboxylic acids is 1. The van der Waals surface area contributed by atoms with Crippen molar-refractivity contribution in [2.24, 2.45) is 4.99 Å². The summed E-state index contributed by atoms with van der Waals surface area (Å²) < 4.78 is 10.7. The highest BCUT2D eigenvalue weighted by molar-refractivity contribution is 8.15. The molecule has 1 unspecified atom stereocenters. The molecule has 0 aliphatic carbocycles. The Bertz CT molecular complexity index is 867. The van der Waals surface area contributed by atoms with Gasteiger partial charge in [0, 0.05) is 43.8 Å². The molecule has 1 atom stereocenters. The number of H-pyrrole nitrogens is 1. The first-order valence-corrected chi connectivity index (χ1v) is 10.00. The Morgan fingerprint density at radius 3 is 3.00 bits per heavy atom.